The highest BCUT2D eigenvalue weighted by molar-refractivity contribution is 5.52. The van der Waals surface area contributed by atoms with Crippen LogP contribution in [-0.4, -0.2) is 25.0 Å². The van der Waals surface area contributed by atoms with E-state index in [1.54, 1.807) is 12.1 Å². The highest BCUT2D eigenvalue weighted by Crippen LogP contribution is 2.16. The van der Waals surface area contributed by atoms with Gasteiger partial charge in [-0.3, -0.25) is 0 Å². The van der Waals surface area contributed by atoms with E-state index < -0.39 is 0 Å². The predicted octanol–water partition coefficient (Wildman–Crippen LogP) is 3.34. The SMILES string of the molecule is CN(CCCNc1ccc(N)cc1F)Cc1ccccc1. The van der Waals surface area contributed by atoms with Crippen molar-refractivity contribution in [1.29, 1.82) is 0 Å². The van der Waals surface area contributed by atoms with E-state index in [4.69, 9.17) is 5.73 Å². The zero-order valence-corrected chi connectivity index (χ0v) is 12.3. The van der Waals surface area contributed by atoms with Crippen LogP contribution in [0.1, 0.15) is 12.0 Å². The minimum atomic E-state index is -0.298. The van der Waals surface area contributed by atoms with Gasteiger partial charge < -0.3 is 16.0 Å². The summed E-state index contributed by atoms with van der Waals surface area (Å²) in [5.74, 6) is -0.298. The molecule has 3 nitrogen and oxygen atoms in total. The van der Waals surface area contributed by atoms with Crippen LogP contribution in [0.3, 0.4) is 0 Å². The number of hydrogen-bond acceptors (Lipinski definition) is 3. The Morgan fingerprint density at radius 2 is 1.90 bits per heavy atom. The summed E-state index contributed by atoms with van der Waals surface area (Å²) >= 11 is 0. The van der Waals surface area contributed by atoms with Gasteiger partial charge in [-0.15, -0.1) is 0 Å². The number of nitrogens with one attached hydrogen (secondary N) is 1. The molecule has 0 aliphatic rings. The molecule has 112 valence electrons. The smallest absolute Gasteiger partial charge is 0.148 e. The van der Waals surface area contributed by atoms with Crippen molar-refractivity contribution in [3.8, 4) is 0 Å². The molecule has 0 aliphatic carbocycles. The number of nitrogens with two attached hydrogens (primary N) is 1. The molecule has 0 aliphatic heterocycles. The Morgan fingerprint density at radius 3 is 2.62 bits per heavy atom. The van der Waals surface area contributed by atoms with Crippen LogP contribution in [0.2, 0.25) is 0 Å². The lowest BCUT2D eigenvalue weighted by molar-refractivity contribution is 0.325. The van der Waals surface area contributed by atoms with Gasteiger partial charge in [0.1, 0.15) is 5.82 Å². The molecular weight excluding hydrogens is 265 g/mol. The van der Waals surface area contributed by atoms with Crippen molar-refractivity contribution in [3.63, 3.8) is 0 Å². The van der Waals surface area contributed by atoms with Gasteiger partial charge in [-0.2, -0.15) is 0 Å². The lowest BCUT2D eigenvalue weighted by atomic mass is 10.2. The third kappa shape index (κ3) is 5.08. The molecule has 0 spiro atoms. The van der Waals surface area contributed by atoms with E-state index in [0.717, 1.165) is 26.1 Å². The molecule has 2 rings (SSSR count). The number of anilines is 2. The second-order valence-electron chi connectivity index (χ2n) is 5.24. The Bertz CT molecular complexity index is 557. The molecule has 21 heavy (non-hydrogen) atoms. The Labute approximate surface area is 125 Å². The first-order chi connectivity index (χ1) is 10.1. The standard InChI is InChI=1S/C17H22FN3/c1-21(13-14-6-3-2-4-7-14)11-5-10-20-17-9-8-15(19)12-16(17)18/h2-4,6-9,12,20H,5,10-11,13,19H2,1H3. The van der Waals surface area contributed by atoms with Crippen LogP contribution in [0.4, 0.5) is 15.8 Å². The average molecular weight is 287 g/mol. The summed E-state index contributed by atoms with van der Waals surface area (Å²) in [7, 11) is 2.09. The summed E-state index contributed by atoms with van der Waals surface area (Å²) in [5.41, 5.74) is 7.78. The molecule has 0 fully saturated rings. The Hall–Kier alpha value is -2.07. The highest BCUT2D eigenvalue weighted by atomic mass is 19.1. The van der Waals surface area contributed by atoms with Crippen LogP contribution in [-0.2, 0) is 6.54 Å². The number of halogens is 1. The molecule has 0 unspecified atom stereocenters. The molecule has 0 bridgehead atoms. The topological polar surface area (TPSA) is 41.3 Å². The van der Waals surface area contributed by atoms with Crippen molar-refractivity contribution in [1.82, 2.24) is 4.90 Å². The van der Waals surface area contributed by atoms with Crippen molar-refractivity contribution >= 4 is 11.4 Å². The van der Waals surface area contributed by atoms with E-state index in [0.29, 0.717) is 11.4 Å². The molecule has 3 N–H and O–H groups in total. The number of nitrogens with zero attached hydrogens (tertiary/aromatic N) is 1. The van der Waals surface area contributed by atoms with E-state index in [1.807, 2.05) is 6.07 Å². The normalized spacial score (nSPS) is 10.8. The number of hydrogen-bond donors (Lipinski definition) is 2. The van der Waals surface area contributed by atoms with Crippen LogP contribution in [0.15, 0.2) is 48.5 Å². The lowest BCUT2D eigenvalue weighted by Gasteiger charge is -2.17. The fourth-order valence-electron chi connectivity index (χ4n) is 2.22. The average Bonchev–Trinajstić information content (AvgIpc) is 2.46. The summed E-state index contributed by atoms with van der Waals surface area (Å²) in [6, 6.07) is 15.1. The first-order valence-corrected chi connectivity index (χ1v) is 7.16. The highest BCUT2D eigenvalue weighted by Gasteiger charge is 2.03. The molecule has 0 atom stereocenters. The van der Waals surface area contributed by atoms with Crippen LogP contribution < -0.4 is 11.1 Å². The van der Waals surface area contributed by atoms with Gasteiger partial charge in [0, 0.05) is 18.8 Å². The molecule has 0 aromatic heterocycles. The van der Waals surface area contributed by atoms with E-state index >= 15 is 0 Å². The van der Waals surface area contributed by atoms with Gasteiger partial charge in [0.05, 0.1) is 5.69 Å². The summed E-state index contributed by atoms with van der Waals surface area (Å²) in [6.45, 7) is 2.62. The number of nitrogen functional groups attached to an aromatic ring is 1. The Kier molecular flexibility index (Phi) is 5.58. The molecule has 2 aromatic rings. The van der Waals surface area contributed by atoms with Crippen molar-refractivity contribution in [3.05, 3.63) is 59.9 Å². The van der Waals surface area contributed by atoms with E-state index in [9.17, 15) is 4.39 Å². The maximum absolute atomic E-state index is 13.6. The van der Waals surface area contributed by atoms with Gasteiger partial charge in [0.15, 0.2) is 0 Å². The predicted molar refractivity (Wildman–Crippen MR) is 86.7 cm³/mol. The van der Waals surface area contributed by atoms with Crippen LogP contribution in [0.25, 0.3) is 0 Å². The summed E-state index contributed by atoms with van der Waals surface area (Å²) in [4.78, 5) is 2.26. The second-order valence-corrected chi connectivity index (χ2v) is 5.24. The third-order valence-electron chi connectivity index (χ3n) is 3.32. The second kappa shape index (κ2) is 7.64. The van der Waals surface area contributed by atoms with Crippen molar-refractivity contribution in [2.45, 2.75) is 13.0 Å². The van der Waals surface area contributed by atoms with Crippen LogP contribution in [0, 0.1) is 5.82 Å². The van der Waals surface area contributed by atoms with E-state index in [2.05, 4.69) is 41.5 Å². The first kappa shape index (κ1) is 15.3. The Balaban J connectivity index is 1.69. The zero-order valence-electron chi connectivity index (χ0n) is 12.3. The summed E-state index contributed by atoms with van der Waals surface area (Å²) in [6.07, 6.45) is 0.952. The fourth-order valence-corrected chi connectivity index (χ4v) is 2.22. The monoisotopic (exact) mass is 287 g/mol. The summed E-state index contributed by atoms with van der Waals surface area (Å²) < 4.78 is 13.6. The largest absolute Gasteiger partial charge is 0.399 e. The molecule has 4 heteroatoms. The van der Waals surface area contributed by atoms with Gasteiger partial charge in [0.2, 0.25) is 0 Å². The van der Waals surface area contributed by atoms with Gasteiger partial charge in [-0.25, -0.2) is 4.39 Å². The van der Waals surface area contributed by atoms with Crippen molar-refractivity contribution in [2.24, 2.45) is 0 Å². The van der Waals surface area contributed by atoms with Crippen molar-refractivity contribution in [2.75, 3.05) is 31.2 Å². The molecule has 2 aromatic carbocycles. The van der Waals surface area contributed by atoms with Gasteiger partial charge in [-0.05, 0) is 43.8 Å². The quantitative estimate of drug-likeness (QED) is 0.606. The number of rotatable bonds is 7. The van der Waals surface area contributed by atoms with E-state index in [1.165, 1.54) is 11.6 Å². The summed E-state index contributed by atoms with van der Waals surface area (Å²) in [5, 5.41) is 3.10. The molecular formula is C17H22FN3. The minimum Gasteiger partial charge on any atom is -0.399 e. The van der Waals surface area contributed by atoms with Gasteiger partial charge in [-0.1, -0.05) is 30.3 Å². The van der Waals surface area contributed by atoms with E-state index in [-0.39, 0.29) is 5.82 Å². The number of benzene rings is 2. The fraction of sp³-hybridized carbons (Fsp3) is 0.294. The molecule has 0 saturated carbocycles. The molecule has 0 amide bonds. The van der Waals surface area contributed by atoms with Crippen LogP contribution in [0.5, 0.6) is 0 Å². The third-order valence-corrected chi connectivity index (χ3v) is 3.32. The van der Waals surface area contributed by atoms with Gasteiger partial charge in [0.25, 0.3) is 0 Å². The first-order valence-electron chi connectivity index (χ1n) is 7.16. The maximum atomic E-state index is 13.6. The lowest BCUT2D eigenvalue weighted by Crippen LogP contribution is -2.21. The molecule has 0 saturated heterocycles. The van der Waals surface area contributed by atoms with Crippen molar-refractivity contribution < 1.29 is 4.39 Å². The molecule has 0 radical (unpaired) electrons. The maximum Gasteiger partial charge on any atom is 0.148 e. The van der Waals surface area contributed by atoms with Crippen LogP contribution >= 0.6 is 0 Å². The zero-order chi connectivity index (χ0) is 15.1. The molecule has 0 heterocycles. The van der Waals surface area contributed by atoms with Gasteiger partial charge >= 0.3 is 0 Å². The minimum absolute atomic E-state index is 0.298. The Morgan fingerprint density at radius 1 is 1.14 bits per heavy atom.